The van der Waals surface area contributed by atoms with Crippen LogP contribution in [-0.2, 0) is 0 Å². The van der Waals surface area contributed by atoms with E-state index in [1.165, 1.54) is 0 Å². The van der Waals surface area contributed by atoms with Crippen molar-refractivity contribution in [1.82, 2.24) is 0 Å². The molecule has 0 heterocycles. The number of rotatable bonds is 4. The Morgan fingerprint density at radius 2 is 1.82 bits per heavy atom. The van der Waals surface area contributed by atoms with Crippen molar-refractivity contribution in [3.05, 3.63) is 56.3 Å². The summed E-state index contributed by atoms with van der Waals surface area (Å²) in [5, 5.41) is 3.03. The standard InChI is InChI=1S/C13H14N2O2/c1-2-9(8-6-4-3-5-7-8)15-11-10(14)12(16)13(11)17/h3-7,9,15H,2,14H2,1H3/t9-/m1/s1. The van der Waals surface area contributed by atoms with Crippen molar-refractivity contribution >= 4 is 11.4 Å². The molecular weight excluding hydrogens is 216 g/mol. The summed E-state index contributed by atoms with van der Waals surface area (Å²) in [7, 11) is 0. The molecule has 0 spiro atoms. The molecule has 4 heteroatoms. The van der Waals surface area contributed by atoms with Crippen molar-refractivity contribution < 1.29 is 0 Å². The van der Waals surface area contributed by atoms with Crippen LogP contribution in [0.15, 0.2) is 39.9 Å². The molecule has 0 bridgehead atoms. The molecular formula is C13H14N2O2. The van der Waals surface area contributed by atoms with E-state index >= 15 is 0 Å². The Morgan fingerprint density at radius 3 is 2.35 bits per heavy atom. The molecule has 0 saturated heterocycles. The van der Waals surface area contributed by atoms with Crippen LogP contribution in [0.25, 0.3) is 0 Å². The van der Waals surface area contributed by atoms with E-state index in [1.807, 2.05) is 37.3 Å². The maximum Gasteiger partial charge on any atom is 0.253 e. The average molecular weight is 230 g/mol. The highest BCUT2D eigenvalue weighted by Gasteiger charge is 2.20. The molecule has 0 aliphatic heterocycles. The van der Waals surface area contributed by atoms with Crippen LogP contribution in [-0.4, -0.2) is 0 Å². The van der Waals surface area contributed by atoms with E-state index in [2.05, 4.69) is 5.32 Å². The summed E-state index contributed by atoms with van der Waals surface area (Å²) in [6.07, 6.45) is 0.808. The van der Waals surface area contributed by atoms with Gasteiger partial charge in [-0.05, 0) is 12.0 Å². The molecule has 4 nitrogen and oxygen atoms in total. The van der Waals surface area contributed by atoms with Crippen LogP contribution >= 0.6 is 0 Å². The maximum absolute atomic E-state index is 11.3. The van der Waals surface area contributed by atoms with Gasteiger partial charge in [0.2, 0.25) is 0 Å². The first-order valence-electron chi connectivity index (χ1n) is 5.55. The highest BCUT2D eigenvalue weighted by Crippen LogP contribution is 2.23. The van der Waals surface area contributed by atoms with E-state index in [1.54, 1.807) is 0 Å². The molecule has 0 aliphatic carbocycles. The fraction of sp³-hybridized carbons (Fsp3) is 0.231. The van der Waals surface area contributed by atoms with Crippen LogP contribution in [0.1, 0.15) is 24.9 Å². The number of nitrogens with two attached hydrogens (primary N) is 1. The van der Waals surface area contributed by atoms with Gasteiger partial charge in [0, 0.05) is 0 Å². The predicted octanol–water partition coefficient (Wildman–Crippen LogP) is 1.43. The second-order valence-corrected chi connectivity index (χ2v) is 3.96. The number of hydrogen-bond acceptors (Lipinski definition) is 4. The molecule has 0 unspecified atom stereocenters. The lowest BCUT2D eigenvalue weighted by Crippen LogP contribution is -2.37. The first kappa shape index (κ1) is 11.4. The molecule has 1 atom stereocenters. The monoisotopic (exact) mass is 230 g/mol. The summed E-state index contributed by atoms with van der Waals surface area (Å²) >= 11 is 0. The first-order chi connectivity index (χ1) is 8.15. The van der Waals surface area contributed by atoms with Gasteiger partial charge < -0.3 is 11.1 Å². The molecule has 3 N–H and O–H groups in total. The summed E-state index contributed by atoms with van der Waals surface area (Å²) < 4.78 is 0. The van der Waals surface area contributed by atoms with Crippen molar-refractivity contribution in [3.63, 3.8) is 0 Å². The summed E-state index contributed by atoms with van der Waals surface area (Å²) in [4.78, 5) is 22.3. The Balaban J connectivity index is 2.23. The van der Waals surface area contributed by atoms with E-state index in [0.29, 0.717) is 0 Å². The van der Waals surface area contributed by atoms with Gasteiger partial charge in [-0.25, -0.2) is 0 Å². The third kappa shape index (κ3) is 1.93. The Morgan fingerprint density at radius 1 is 1.18 bits per heavy atom. The number of nitrogen functional groups attached to an aromatic ring is 1. The third-order valence-corrected chi connectivity index (χ3v) is 2.88. The number of hydrogen-bond donors (Lipinski definition) is 2. The molecule has 0 aliphatic rings. The van der Waals surface area contributed by atoms with Gasteiger partial charge in [-0.15, -0.1) is 0 Å². The number of benzene rings is 1. The fourth-order valence-corrected chi connectivity index (χ4v) is 1.83. The highest BCUT2D eigenvalue weighted by molar-refractivity contribution is 5.71. The van der Waals surface area contributed by atoms with E-state index < -0.39 is 10.9 Å². The second-order valence-electron chi connectivity index (χ2n) is 3.96. The van der Waals surface area contributed by atoms with Gasteiger partial charge in [0.15, 0.2) is 0 Å². The SMILES string of the molecule is CC[C@@H](Nc1c(N)c(=O)c1=O)c1ccccc1. The minimum atomic E-state index is -0.588. The van der Waals surface area contributed by atoms with Gasteiger partial charge in [-0.1, -0.05) is 37.3 Å². The van der Waals surface area contributed by atoms with Gasteiger partial charge >= 0.3 is 0 Å². The topological polar surface area (TPSA) is 72.2 Å². The highest BCUT2D eigenvalue weighted by atomic mass is 16.2. The quantitative estimate of drug-likeness (QED) is 0.779. The molecule has 2 aromatic carbocycles. The Hall–Kier alpha value is -2.10. The van der Waals surface area contributed by atoms with Crippen LogP contribution in [0.3, 0.4) is 0 Å². The molecule has 2 aromatic rings. The normalized spacial score (nSPS) is 12.5. The van der Waals surface area contributed by atoms with Gasteiger partial charge in [-0.2, -0.15) is 0 Å². The summed E-state index contributed by atoms with van der Waals surface area (Å²) in [6, 6.07) is 9.76. The fourth-order valence-electron chi connectivity index (χ4n) is 1.83. The van der Waals surface area contributed by atoms with Gasteiger partial charge in [0.25, 0.3) is 10.9 Å². The summed E-state index contributed by atoms with van der Waals surface area (Å²) in [6.45, 7) is 2.01. The van der Waals surface area contributed by atoms with Gasteiger partial charge in [-0.3, -0.25) is 9.59 Å². The lowest BCUT2D eigenvalue weighted by molar-refractivity contribution is 0.747. The van der Waals surface area contributed by atoms with Crippen molar-refractivity contribution in [2.45, 2.75) is 19.4 Å². The average Bonchev–Trinajstić information content (AvgIpc) is 2.39. The molecule has 0 amide bonds. The number of nitrogens with one attached hydrogen (secondary N) is 1. The van der Waals surface area contributed by atoms with Crippen molar-refractivity contribution in [1.29, 1.82) is 0 Å². The minimum Gasteiger partial charge on any atom is -0.394 e. The molecule has 0 radical (unpaired) electrons. The van der Waals surface area contributed by atoms with E-state index in [4.69, 9.17) is 5.73 Å². The van der Waals surface area contributed by atoms with E-state index in [-0.39, 0.29) is 17.4 Å². The molecule has 17 heavy (non-hydrogen) atoms. The minimum absolute atomic E-state index is 0.00167. The second kappa shape index (κ2) is 4.41. The van der Waals surface area contributed by atoms with E-state index in [0.717, 1.165) is 12.0 Å². The smallest absolute Gasteiger partial charge is 0.253 e. The van der Waals surface area contributed by atoms with Gasteiger partial charge in [0.05, 0.1) is 6.04 Å². The third-order valence-electron chi connectivity index (χ3n) is 2.88. The van der Waals surface area contributed by atoms with Crippen molar-refractivity contribution in [2.24, 2.45) is 0 Å². The van der Waals surface area contributed by atoms with Gasteiger partial charge in [0.1, 0.15) is 11.4 Å². The summed E-state index contributed by atoms with van der Waals surface area (Å²) in [5.41, 5.74) is 5.75. The molecule has 0 saturated carbocycles. The summed E-state index contributed by atoms with van der Waals surface area (Å²) in [5.74, 6) is 0. The van der Waals surface area contributed by atoms with Crippen LogP contribution in [0.2, 0.25) is 0 Å². The van der Waals surface area contributed by atoms with Crippen LogP contribution in [0.4, 0.5) is 11.4 Å². The maximum atomic E-state index is 11.3. The van der Waals surface area contributed by atoms with E-state index in [9.17, 15) is 9.59 Å². The zero-order valence-corrected chi connectivity index (χ0v) is 9.57. The zero-order valence-electron chi connectivity index (χ0n) is 9.57. The zero-order chi connectivity index (χ0) is 12.4. The predicted molar refractivity (Wildman–Crippen MR) is 68.9 cm³/mol. The number of anilines is 2. The van der Waals surface area contributed by atoms with Crippen molar-refractivity contribution in [3.8, 4) is 0 Å². The van der Waals surface area contributed by atoms with Crippen molar-refractivity contribution in [2.75, 3.05) is 11.1 Å². The largest absolute Gasteiger partial charge is 0.394 e. The van der Waals surface area contributed by atoms with Crippen LogP contribution < -0.4 is 21.9 Å². The lowest BCUT2D eigenvalue weighted by atomic mass is 10.0. The lowest BCUT2D eigenvalue weighted by Gasteiger charge is -2.20. The molecule has 2 rings (SSSR count). The van der Waals surface area contributed by atoms with Crippen LogP contribution in [0, 0.1) is 0 Å². The Bertz CT molecular complexity index is 583. The molecule has 88 valence electrons. The Kier molecular flexibility index (Phi) is 2.95. The first-order valence-corrected chi connectivity index (χ1v) is 5.55. The molecule has 0 aromatic heterocycles. The Labute approximate surface area is 98.8 Å². The molecule has 0 fully saturated rings. The van der Waals surface area contributed by atoms with Crippen LogP contribution in [0.5, 0.6) is 0 Å².